The van der Waals surface area contributed by atoms with Crippen molar-refractivity contribution < 1.29 is 14.3 Å². The fraction of sp³-hybridized carbons (Fsp3) is 0.611. The normalized spacial score (nSPS) is 22.5. The summed E-state index contributed by atoms with van der Waals surface area (Å²) in [6.07, 6.45) is 5.98. The molecule has 140 valence electrons. The summed E-state index contributed by atoms with van der Waals surface area (Å²) in [7, 11) is 0. The lowest BCUT2D eigenvalue weighted by Crippen LogP contribution is -2.45. The summed E-state index contributed by atoms with van der Waals surface area (Å²) < 4.78 is 13.4. The van der Waals surface area contributed by atoms with Crippen LogP contribution in [0.4, 0.5) is 0 Å². The number of amides is 1. The van der Waals surface area contributed by atoms with Crippen LogP contribution >= 0.6 is 0 Å². The number of nitrogens with one attached hydrogen (secondary N) is 2. The summed E-state index contributed by atoms with van der Waals surface area (Å²) in [6, 6.07) is -0.167. The number of nitrogens with zero attached hydrogens (tertiary/aromatic N) is 3. The number of aromatic amines is 1. The van der Waals surface area contributed by atoms with Gasteiger partial charge in [-0.15, -0.1) is 0 Å². The Balaban J connectivity index is 1.36. The Morgan fingerprint density at radius 1 is 1.42 bits per heavy atom. The van der Waals surface area contributed by atoms with E-state index in [-0.39, 0.29) is 18.1 Å². The number of ether oxygens (including phenoxy) is 2. The maximum absolute atomic E-state index is 12.6. The van der Waals surface area contributed by atoms with Gasteiger partial charge in [0, 0.05) is 17.8 Å². The Morgan fingerprint density at radius 2 is 2.27 bits per heavy atom. The Morgan fingerprint density at radius 3 is 3.00 bits per heavy atom. The molecule has 0 unspecified atom stereocenters. The lowest BCUT2D eigenvalue weighted by molar-refractivity contribution is -0.121. The van der Waals surface area contributed by atoms with Crippen LogP contribution in [-0.2, 0) is 22.5 Å². The lowest BCUT2D eigenvalue weighted by Gasteiger charge is -2.19. The minimum absolute atomic E-state index is 0.0292. The predicted octanol–water partition coefficient (Wildman–Crippen LogP) is 1.14. The van der Waals surface area contributed by atoms with Crippen molar-refractivity contribution in [3.8, 4) is 5.75 Å². The Hall–Kier alpha value is -2.35. The van der Waals surface area contributed by atoms with Gasteiger partial charge in [-0.05, 0) is 32.6 Å². The van der Waals surface area contributed by atoms with Crippen molar-refractivity contribution in [3.05, 3.63) is 29.3 Å². The molecule has 4 rings (SSSR count). The number of H-pyrrole nitrogens is 1. The SMILES string of the molecule is Cc1nn(CC2CC2)c(C)c1CC(=O)N[C@H]1COC[C@H]1Oc1cn[nH]c1. The van der Waals surface area contributed by atoms with Crippen molar-refractivity contribution in [1.29, 1.82) is 0 Å². The van der Waals surface area contributed by atoms with E-state index in [0.29, 0.717) is 25.4 Å². The van der Waals surface area contributed by atoms with E-state index in [1.54, 1.807) is 12.4 Å². The van der Waals surface area contributed by atoms with E-state index >= 15 is 0 Å². The maximum Gasteiger partial charge on any atom is 0.224 e. The molecule has 2 aromatic heterocycles. The highest BCUT2D eigenvalue weighted by atomic mass is 16.5. The molecule has 0 bridgehead atoms. The summed E-state index contributed by atoms with van der Waals surface area (Å²) >= 11 is 0. The topological polar surface area (TPSA) is 94.1 Å². The van der Waals surface area contributed by atoms with E-state index in [9.17, 15) is 4.79 Å². The van der Waals surface area contributed by atoms with Crippen molar-refractivity contribution in [3.63, 3.8) is 0 Å². The standard InChI is InChI=1S/C18H25N5O3/c1-11-15(12(2)23(22-11)8-13-3-4-13)5-18(24)21-16-9-25-10-17(16)26-14-6-19-20-7-14/h6-7,13,16-17H,3-5,8-10H2,1-2H3,(H,19,20)(H,21,24)/t16-,17+/m0/s1. The van der Waals surface area contributed by atoms with Crippen LogP contribution < -0.4 is 10.1 Å². The zero-order chi connectivity index (χ0) is 18.1. The van der Waals surface area contributed by atoms with E-state index in [4.69, 9.17) is 9.47 Å². The van der Waals surface area contributed by atoms with Gasteiger partial charge in [0.1, 0.15) is 6.10 Å². The maximum atomic E-state index is 12.6. The van der Waals surface area contributed by atoms with Gasteiger partial charge in [0.25, 0.3) is 0 Å². The summed E-state index contributed by atoms with van der Waals surface area (Å²) in [4.78, 5) is 12.6. The van der Waals surface area contributed by atoms with E-state index in [1.807, 2.05) is 6.92 Å². The highest BCUT2D eigenvalue weighted by Gasteiger charge is 2.32. The molecule has 0 spiro atoms. The first-order valence-corrected chi connectivity index (χ1v) is 9.15. The van der Waals surface area contributed by atoms with E-state index in [1.165, 1.54) is 12.8 Å². The fourth-order valence-corrected chi connectivity index (χ4v) is 3.39. The van der Waals surface area contributed by atoms with E-state index in [0.717, 1.165) is 29.4 Å². The predicted molar refractivity (Wildman–Crippen MR) is 93.9 cm³/mol. The molecule has 1 amide bonds. The zero-order valence-corrected chi connectivity index (χ0v) is 15.2. The van der Waals surface area contributed by atoms with Crippen LogP contribution in [-0.4, -0.2) is 51.2 Å². The molecule has 8 nitrogen and oxygen atoms in total. The van der Waals surface area contributed by atoms with Crippen molar-refractivity contribution in [2.45, 2.75) is 51.8 Å². The van der Waals surface area contributed by atoms with Gasteiger partial charge in [0.15, 0.2) is 5.75 Å². The highest BCUT2D eigenvalue weighted by molar-refractivity contribution is 5.79. The third-order valence-corrected chi connectivity index (χ3v) is 5.13. The molecule has 1 saturated carbocycles. The molecule has 2 fully saturated rings. The van der Waals surface area contributed by atoms with Crippen LogP contribution in [0.15, 0.2) is 12.4 Å². The van der Waals surface area contributed by atoms with Gasteiger partial charge in [0.05, 0.1) is 43.8 Å². The average molecular weight is 359 g/mol. The van der Waals surface area contributed by atoms with Crippen molar-refractivity contribution in [2.75, 3.05) is 13.2 Å². The van der Waals surface area contributed by atoms with Gasteiger partial charge in [-0.1, -0.05) is 0 Å². The summed E-state index contributed by atoms with van der Waals surface area (Å²) in [5.41, 5.74) is 3.06. The molecule has 2 aromatic rings. The molecule has 26 heavy (non-hydrogen) atoms. The number of carbonyl (C=O) groups is 1. The molecule has 3 heterocycles. The second kappa shape index (κ2) is 7.11. The zero-order valence-electron chi connectivity index (χ0n) is 15.2. The smallest absolute Gasteiger partial charge is 0.224 e. The molecule has 2 atom stereocenters. The minimum atomic E-state index is -0.212. The van der Waals surface area contributed by atoms with Crippen LogP contribution in [0.25, 0.3) is 0 Å². The second-order valence-corrected chi connectivity index (χ2v) is 7.25. The minimum Gasteiger partial charge on any atom is -0.482 e. The number of aryl methyl sites for hydroxylation is 1. The molecular weight excluding hydrogens is 334 g/mol. The van der Waals surface area contributed by atoms with Gasteiger partial charge < -0.3 is 14.8 Å². The molecule has 1 saturated heterocycles. The van der Waals surface area contributed by atoms with Crippen molar-refractivity contribution >= 4 is 5.91 Å². The van der Waals surface area contributed by atoms with Gasteiger partial charge in [0.2, 0.25) is 5.91 Å². The summed E-state index contributed by atoms with van der Waals surface area (Å²) in [6.45, 7) is 5.89. The Labute approximate surface area is 152 Å². The van der Waals surface area contributed by atoms with Gasteiger partial charge in [-0.3, -0.25) is 14.6 Å². The molecule has 1 aliphatic carbocycles. The first-order valence-electron chi connectivity index (χ1n) is 9.15. The Kier molecular flexibility index (Phi) is 4.67. The van der Waals surface area contributed by atoms with Crippen molar-refractivity contribution in [1.82, 2.24) is 25.3 Å². The molecule has 2 aliphatic rings. The van der Waals surface area contributed by atoms with E-state index in [2.05, 4.69) is 32.2 Å². The number of rotatable bonds is 7. The van der Waals surface area contributed by atoms with Crippen LogP contribution in [0.1, 0.15) is 29.8 Å². The molecule has 2 N–H and O–H groups in total. The second-order valence-electron chi connectivity index (χ2n) is 7.25. The number of hydrogen-bond acceptors (Lipinski definition) is 5. The number of carbonyl (C=O) groups excluding carboxylic acids is 1. The van der Waals surface area contributed by atoms with Crippen molar-refractivity contribution in [2.24, 2.45) is 5.92 Å². The van der Waals surface area contributed by atoms with Crippen LogP contribution in [0, 0.1) is 19.8 Å². The molecule has 8 heteroatoms. The van der Waals surface area contributed by atoms with Gasteiger partial charge in [-0.25, -0.2) is 0 Å². The van der Waals surface area contributed by atoms with Crippen LogP contribution in [0.5, 0.6) is 5.75 Å². The highest BCUT2D eigenvalue weighted by Crippen LogP contribution is 2.31. The summed E-state index contributed by atoms with van der Waals surface area (Å²) in [5, 5.41) is 14.2. The molecule has 1 aliphatic heterocycles. The van der Waals surface area contributed by atoms with Crippen LogP contribution in [0.2, 0.25) is 0 Å². The fourth-order valence-electron chi connectivity index (χ4n) is 3.39. The lowest BCUT2D eigenvalue weighted by atomic mass is 10.1. The molecule has 0 radical (unpaired) electrons. The first-order chi connectivity index (χ1) is 12.6. The average Bonchev–Trinajstić information content (AvgIpc) is 2.99. The Bertz CT molecular complexity index is 766. The molecule has 0 aromatic carbocycles. The quantitative estimate of drug-likeness (QED) is 0.773. The first kappa shape index (κ1) is 17.1. The molecular formula is C18H25N5O3. The third-order valence-electron chi connectivity index (χ3n) is 5.13. The monoisotopic (exact) mass is 359 g/mol. The van der Waals surface area contributed by atoms with Gasteiger partial charge >= 0.3 is 0 Å². The largest absolute Gasteiger partial charge is 0.482 e. The number of aromatic nitrogens is 4. The number of hydrogen-bond donors (Lipinski definition) is 2. The van der Waals surface area contributed by atoms with Gasteiger partial charge in [-0.2, -0.15) is 10.2 Å². The van der Waals surface area contributed by atoms with Crippen LogP contribution in [0.3, 0.4) is 0 Å². The summed E-state index contributed by atoms with van der Waals surface area (Å²) in [5.74, 6) is 1.37. The third kappa shape index (κ3) is 3.75. The van der Waals surface area contributed by atoms with E-state index < -0.39 is 0 Å².